The zero-order valence-electron chi connectivity index (χ0n) is 15.2. The van der Waals surface area contributed by atoms with Crippen LogP contribution in [0.2, 0.25) is 5.02 Å². The summed E-state index contributed by atoms with van der Waals surface area (Å²) < 4.78 is 0. The number of hydroxylamine groups is 1. The largest absolute Gasteiger partial charge is 0.273 e. The predicted molar refractivity (Wildman–Crippen MR) is 108 cm³/mol. The minimum atomic E-state index is -0.919. The van der Waals surface area contributed by atoms with E-state index in [1.165, 1.54) is 0 Å². The summed E-state index contributed by atoms with van der Waals surface area (Å²) in [6.45, 7) is 0. The number of carbonyl (C=O) groups excluding carboxylic acids is 2. The van der Waals surface area contributed by atoms with Crippen LogP contribution in [0.1, 0.15) is 11.6 Å². The van der Waals surface area contributed by atoms with Crippen molar-refractivity contribution < 1.29 is 14.4 Å². The van der Waals surface area contributed by atoms with Crippen LogP contribution in [-0.2, 0) is 14.4 Å². The average Bonchev–Trinajstić information content (AvgIpc) is 3.26. The molecule has 2 aromatic carbocycles. The van der Waals surface area contributed by atoms with Gasteiger partial charge in [-0.25, -0.2) is 9.96 Å². The maximum atomic E-state index is 13.4. The van der Waals surface area contributed by atoms with Gasteiger partial charge in [0.1, 0.15) is 5.92 Å². The number of imide groups is 1. The SMILES string of the molecule is O=C1[C@H]2[C@H](ON(c3ccccc3)[C@@H]2c2ccncc2)C(=O)N1c1ccccc1Cl. The van der Waals surface area contributed by atoms with E-state index in [-0.39, 0.29) is 5.91 Å². The van der Waals surface area contributed by atoms with E-state index >= 15 is 0 Å². The summed E-state index contributed by atoms with van der Waals surface area (Å²) in [5.74, 6) is -1.43. The van der Waals surface area contributed by atoms with Crippen LogP contribution in [0.15, 0.2) is 79.1 Å². The molecule has 0 aliphatic carbocycles. The van der Waals surface area contributed by atoms with E-state index < -0.39 is 24.0 Å². The molecule has 144 valence electrons. The van der Waals surface area contributed by atoms with E-state index in [2.05, 4.69) is 4.98 Å². The van der Waals surface area contributed by atoms with Crippen LogP contribution in [0.5, 0.6) is 0 Å². The van der Waals surface area contributed by atoms with Gasteiger partial charge in [0, 0.05) is 12.4 Å². The molecule has 2 aliphatic heterocycles. The van der Waals surface area contributed by atoms with Gasteiger partial charge >= 0.3 is 0 Å². The number of fused-ring (bicyclic) bond motifs is 1. The molecule has 0 radical (unpaired) electrons. The number of hydrogen-bond donors (Lipinski definition) is 0. The second-order valence-corrected chi connectivity index (χ2v) is 7.31. The van der Waals surface area contributed by atoms with Crippen LogP contribution in [-0.4, -0.2) is 22.9 Å². The van der Waals surface area contributed by atoms with Gasteiger partial charge in [0.2, 0.25) is 5.91 Å². The number of hydrogen-bond acceptors (Lipinski definition) is 5. The van der Waals surface area contributed by atoms with Gasteiger partial charge in [0.05, 0.1) is 22.4 Å². The number of para-hydroxylation sites is 2. The van der Waals surface area contributed by atoms with Crippen LogP contribution in [0.4, 0.5) is 11.4 Å². The van der Waals surface area contributed by atoms with Crippen molar-refractivity contribution in [1.29, 1.82) is 0 Å². The van der Waals surface area contributed by atoms with Crippen molar-refractivity contribution in [3.63, 3.8) is 0 Å². The van der Waals surface area contributed by atoms with Crippen molar-refractivity contribution in [2.75, 3.05) is 9.96 Å². The quantitative estimate of drug-likeness (QED) is 0.620. The van der Waals surface area contributed by atoms with E-state index in [4.69, 9.17) is 16.4 Å². The lowest BCUT2D eigenvalue weighted by atomic mass is 9.91. The lowest BCUT2D eigenvalue weighted by Gasteiger charge is -2.28. The third-order valence-corrected chi connectivity index (χ3v) is 5.59. The molecule has 0 saturated carbocycles. The minimum absolute atomic E-state index is 0.326. The Hall–Kier alpha value is -3.22. The molecular formula is C22H16ClN3O3. The van der Waals surface area contributed by atoms with Crippen LogP contribution in [0, 0.1) is 5.92 Å². The first-order chi connectivity index (χ1) is 14.2. The van der Waals surface area contributed by atoms with Gasteiger partial charge < -0.3 is 0 Å². The minimum Gasteiger partial charge on any atom is -0.273 e. The lowest BCUT2D eigenvalue weighted by Crippen LogP contribution is -2.37. The summed E-state index contributed by atoms with van der Waals surface area (Å²) in [6.07, 6.45) is 2.41. The Labute approximate surface area is 172 Å². The number of nitrogens with zero attached hydrogens (tertiary/aromatic N) is 3. The van der Waals surface area contributed by atoms with Crippen LogP contribution >= 0.6 is 11.6 Å². The summed E-state index contributed by atoms with van der Waals surface area (Å²) in [5.41, 5.74) is 1.99. The molecule has 2 aliphatic rings. The van der Waals surface area contributed by atoms with E-state index in [9.17, 15) is 9.59 Å². The van der Waals surface area contributed by atoms with Crippen LogP contribution < -0.4 is 9.96 Å². The predicted octanol–water partition coefficient (Wildman–Crippen LogP) is 3.79. The molecule has 6 nitrogen and oxygen atoms in total. The number of aromatic nitrogens is 1. The summed E-state index contributed by atoms with van der Waals surface area (Å²) in [4.78, 5) is 37.9. The van der Waals surface area contributed by atoms with Crippen molar-refractivity contribution in [2.24, 2.45) is 5.92 Å². The summed E-state index contributed by atoms with van der Waals surface area (Å²) in [6, 6.07) is 19.5. The Morgan fingerprint density at radius 3 is 2.28 bits per heavy atom. The molecule has 0 spiro atoms. The van der Waals surface area contributed by atoms with Gasteiger partial charge in [0.15, 0.2) is 6.10 Å². The molecule has 0 N–H and O–H groups in total. The summed E-state index contributed by atoms with van der Waals surface area (Å²) in [7, 11) is 0. The first kappa shape index (κ1) is 17.8. The summed E-state index contributed by atoms with van der Waals surface area (Å²) >= 11 is 6.26. The Morgan fingerprint density at radius 2 is 1.55 bits per heavy atom. The fraction of sp³-hybridized carbons (Fsp3) is 0.136. The topological polar surface area (TPSA) is 62.7 Å². The van der Waals surface area contributed by atoms with Gasteiger partial charge in [-0.1, -0.05) is 41.9 Å². The highest BCUT2D eigenvalue weighted by Crippen LogP contribution is 2.48. The average molecular weight is 406 g/mol. The highest BCUT2D eigenvalue weighted by Gasteiger charge is 2.60. The lowest BCUT2D eigenvalue weighted by molar-refractivity contribution is -0.126. The monoisotopic (exact) mass is 405 g/mol. The summed E-state index contributed by atoms with van der Waals surface area (Å²) in [5, 5.41) is 2.00. The molecule has 1 aromatic heterocycles. The molecule has 5 rings (SSSR count). The molecule has 2 saturated heterocycles. The van der Waals surface area contributed by atoms with Crippen LogP contribution in [0.25, 0.3) is 0 Å². The smallest absolute Gasteiger partial charge is 0.266 e. The van der Waals surface area contributed by atoms with E-state index in [1.54, 1.807) is 41.7 Å². The van der Waals surface area contributed by atoms with Crippen molar-refractivity contribution >= 4 is 34.8 Å². The van der Waals surface area contributed by atoms with Gasteiger partial charge in [0.25, 0.3) is 5.91 Å². The molecule has 7 heteroatoms. The van der Waals surface area contributed by atoms with E-state index in [1.807, 2.05) is 42.5 Å². The first-order valence-corrected chi connectivity index (χ1v) is 9.58. The number of amides is 2. The molecule has 0 unspecified atom stereocenters. The zero-order chi connectivity index (χ0) is 20.0. The molecule has 3 atom stereocenters. The second kappa shape index (κ2) is 6.99. The first-order valence-electron chi connectivity index (χ1n) is 9.20. The highest BCUT2D eigenvalue weighted by molar-refractivity contribution is 6.36. The number of carbonyl (C=O) groups is 2. The number of halogens is 1. The molecule has 2 fully saturated rings. The fourth-order valence-corrected chi connectivity index (χ4v) is 4.20. The molecule has 29 heavy (non-hydrogen) atoms. The molecule has 3 aromatic rings. The third-order valence-electron chi connectivity index (χ3n) is 5.27. The Balaban J connectivity index is 1.60. The van der Waals surface area contributed by atoms with E-state index in [0.29, 0.717) is 10.7 Å². The molecule has 2 amide bonds. The fourth-order valence-electron chi connectivity index (χ4n) is 3.98. The normalized spacial score (nSPS) is 23.6. The molecular weight excluding hydrogens is 390 g/mol. The second-order valence-electron chi connectivity index (χ2n) is 6.90. The van der Waals surface area contributed by atoms with Gasteiger partial charge in [-0.05, 0) is 42.0 Å². The van der Waals surface area contributed by atoms with Crippen molar-refractivity contribution in [3.8, 4) is 0 Å². The number of benzene rings is 2. The Morgan fingerprint density at radius 1 is 0.862 bits per heavy atom. The Bertz CT molecular complexity index is 1080. The van der Waals surface area contributed by atoms with Crippen molar-refractivity contribution in [1.82, 2.24) is 4.98 Å². The number of rotatable bonds is 3. The van der Waals surface area contributed by atoms with Gasteiger partial charge in [-0.2, -0.15) is 0 Å². The zero-order valence-corrected chi connectivity index (χ0v) is 15.9. The maximum Gasteiger partial charge on any atom is 0.266 e. The van der Waals surface area contributed by atoms with Crippen molar-refractivity contribution in [3.05, 3.63) is 89.7 Å². The standard InChI is InChI=1S/C22H16ClN3O3/c23-16-8-4-5-9-17(16)25-21(27)18-19(14-10-12-24-13-11-14)26(29-20(18)22(25)28)15-6-2-1-3-7-15/h1-13,18-20H/t18-,19-,20+/m1/s1. The number of pyridine rings is 1. The van der Waals surface area contributed by atoms with E-state index in [0.717, 1.165) is 16.2 Å². The molecule has 0 bridgehead atoms. The van der Waals surface area contributed by atoms with Gasteiger partial charge in [-0.3, -0.25) is 19.4 Å². The third kappa shape index (κ3) is 2.80. The van der Waals surface area contributed by atoms with Crippen LogP contribution in [0.3, 0.4) is 0 Å². The van der Waals surface area contributed by atoms with Crippen molar-refractivity contribution in [2.45, 2.75) is 12.1 Å². The highest BCUT2D eigenvalue weighted by atomic mass is 35.5. The number of anilines is 2. The van der Waals surface area contributed by atoms with Gasteiger partial charge in [-0.15, -0.1) is 0 Å². The maximum absolute atomic E-state index is 13.4. The Kier molecular flexibility index (Phi) is 4.30. The molecule has 3 heterocycles.